The minimum absolute atomic E-state index is 0.122. The van der Waals surface area contributed by atoms with Gasteiger partial charge in [-0.1, -0.05) is 287 Å². The molecule has 0 aromatic heterocycles. The summed E-state index contributed by atoms with van der Waals surface area (Å²) in [5.74, 6) is -1.05. The summed E-state index contributed by atoms with van der Waals surface area (Å²) in [6.45, 7) is 6.30. The molecule has 0 saturated carbocycles. The summed E-state index contributed by atoms with van der Waals surface area (Å²) in [5, 5.41) is 0. The molecule has 466 valence electrons. The number of carbonyl (C=O) groups excluding carboxylic acids is 3. The molecule has 6 nitrogen and oxygen atoms in total. The van der Waals surface area contributed by atoms with E-state index in [2.05, 4.69) is 179 Å². The fraction of sp³-hybridized carbons (Fsp3) is 0.597. The Balaban J connectivity index is 4.44. The van der Waals surface area contributed by atoms with Gasteiger partial charge in [-0.15, -0.1) is 0 Å². The van der Waals surface area contributed by atoms with Gasteiger partial charge in [0.05, 0.1) is 0 Å². The number of carbonyl (C=O) groups is 3. The van der Waals surface area contributed by atoms with Gasteiger partial charge in [-0.2, -0.15) is 0 Å². The van der Waals surface area contributed by atoms with Crippen LogP contribution in [-0.2, 0) is 28.6 Å². The molecule has 0 spiro atoms. The first-order valence-electron chi connectivity index (χ1n) is 33.6. The second-order valence-electron chi connectivity index (χ2n) is 21.6. The van der Waals surface area contributed by atoms with Crippen LogP contribution in [0.5, 0.6) is 0 Å². The third-order valence-electron chi connectivity index (χ3n) is 13.7. The molecular weight excluding hydrogens is 1020 g/mol. The SMILES string of the molecule is CC/C=C\C/C=C\C/C=C\C/C=C\C/C=C\C/C=C\C/C=C\CCCCCC(=O)OC(COC(=O)CC/C=C\C/C=C\C/C=C\C/C=C\CC)COC(=O)CCCCCCCCCCCCCC/C=C\C/C=C\C/C=C\CCCCCCC. The summed E-state index contributed by atoms with van der Waals surface area (Å²) in [6.07, 6.45) is 102. The largest absolute Gasteiger partial charge is 0.462 e. The second kappa shape index (κ2) is 69.3. The Labute approximate surface area is 511 Å². The molecule has 0 N–H and O–H groups in total. The van der Waals surface area contributed by atoms with Crippen LogP contribution in [0, 0.1) is 0 Å². The summed E-state index contributed by atoms with van der Waals surface area (Å²) in [7, 11) is 0. The van der Waals surface area contributed by atoms with Gasteiger partial charge < -0.3 is 14.2 Å². The van der Waals surface area contributed by atoms with Crippen molar-refractivity contribution in [2.45, 2.75) is 284 Å². The van der Waals surface area contributed by atoms with Crippen molar-refractivity contribution in [1.29, 1.82) is 0 Å². The van der Waals surface area contributed by atoms with E-state index in [4.69, 9.17) is 14.2 Å². The lowest BCUT2D eigenvalue weighted by Gasteiger charge is -2.18. The van der Waals surface area contributed by atoms with E-state index in [1.54, 1.807) is 0 Å². The third-order valence-corrected chi connectivity index (χ3v) is 13.7. The summed E-state index contributed by atoms with van der Waals surface area (Å²) >= 11 is 0. The number of hydrogen-bond donors (Lipinski definition) is 0. The Morgan fingerprint density at radius 3 is 0.819 bits per heavy atom. The zero-order chi connectivity index (χ0) is 59.9. The summed E-state index contributed by atoms with van der Waals surface area (Å²) in [5.41, 5.74) is 0. The molecule has 0 bridgehead atoms. The van der Waals surface area contributed by atoms with E-state index in [0.717, 1.165) is 122 Å². The number of esters is 3. The zero-order valence-corrected chi connectivity index (χ0v) is 53.4. The maximum atomic E-state index is 12.9. The van der Waals surface area contributed by atoms with E-state index in [9.17, 15) is 14.4 Å². The van der Waals surface area contributed by atoms with E-state index >= 15 is 0 Å². The Hall–Kier alpha value is -5.23. The first kappa shape index (κ1) is 77.8. The van der Waals surface area contributed by atoms with E-state index in [1.807, 2.05) is 12.2 Å². The topological polar surface area (TPSA) is 78.9 Å². The molecule has 0 amide bonds. The van der Waals surface area contributed by atoms with E-state index < -0.39 is 6.10 Å². The average Bonchev–Trinajstić information content (AvgIpc) is 3.49. The molecule has 1 atom stereocenters. The highest BCUT2D eigenvalue weighted by molar-refractivity contribution is 5.71. The molecule has 0 aromatic rings. The molecule has 0 radical (unpaired) electrons. The van der Waals surface area contributed by atoms with Crippen LogP contribution < -0.4 is 0 Å². The maximum absolute atomic E-state index is 12.9. The highest BCUT2D eigenvalue weighted by Gasteiger charge is 2.19. The van der Waals surface area contributed by atoms with Crippen molar-refractivity contribution >= 4 is 17.9 Å². The molecule has 6 heteroatoms. The van der Waals surface area contributed by atoms with Crippen LogP contribution in [0.15, 0.2) is 170 Å². The lowest BCUT2D eigenvalue weighted by molar-refractivity contribution is -0.166. The Morgan fingerprint density at radius 1 is 0.253 bits per heavy atom. The molecule has 0 saturated heterocycles. The smallest absolute Gasteiger partial charge is 0.306 e. The number of ether oxygens (including phenoxy) is 3. The van der Waals surface area contributed by atoms with Gasteiger partial charge in [-0.25, -0.2) is 0 Å². The van der Waals surface area contributed by atoms with Gasteiger partial charge in [0.15, 0.2) is 6.10 Å². The van der Waals surface area contributed by atoms with Gasteiger partial charge in [-0.3, -0.25) is 14.4 Å². The molecule has 0 aliphatic rings. The normalized spacial score (nSPS) is 13.2. The standard InChI is InChI=1S/C77H122O6/c1-4-7-10-13-16-19-22-25-27-29-31-33-35-37-38-40-41-43-45-47-49-52-55-58-61-64-67-70-76(79)82-73-74(72-81-75(78)69-66-63-60-57-54-51-24-21-18-15-12-9-6-3)83-77(80)71-68-65-62-59-56-53-50-48-46-44-42-39-36-34-32-30-28-26-23-20-17-14-11-8-5-2/h8-9,11-12,17-18,20-22,25-26,28-29,31-32,34-35,37,39,42,46,48,51,53-54,56,60,63,74H,4-7,10,13-16,19,23-24,27,30,33,36,38,40-41,43-45,47,49-50,52,55,57-59,61-62,64-73H2,1-3H3/b11-8-,12-9-,20-17-,21-18-,25-22-,28-26-,31-29-,34-32-,37-35-,42-39-,48-46-,54-51-,56-53-,63-60-. The first-order chi connectivity index (χ1) is 41.0. The van der Waals surface area contributed by atoms with Gasteiger partial charge in [-0.05, 0) is 141 Å². The molecule has 0 aliphatic carbocycles. The van der Waals surface area contributed by atoms with Crippen molar-refractivity contribution < 1.29 is 28.6 Å². The highest BCUT2D eigenvalue weighted by atomic mass is 16.6. The molecule has 1 unspecified atom stereocenters. The first-order valence-corrected chi connectivity index (χ1v) is 33.6. The monoisotopic (exact) mass is 1140 g/mol. The number of hydrogen-bond acceptors (Lipinski definition) is 6. The fourth-order valence-electron chi connectivity index (χ4n) is 8.74. The Bertz CT molecular complexity index is 1890. The van der Waals surface area contributed by atoms with Crippen LogP contribution in [0.1, 0.15) is 278 Å². The molecule has 0 rings (SSSR count). The molecule has 0 heterocycles. The minimum atomic E-state index is -0.836. The van der Waals surface area contributed by atoms with Crippen molar-refractivity contribution in [3.05, 3.63) is 170 Å². The van der Waals surface area contributed by atoms with E-state index in [1.165, 1.54) is 103 Å². The zero-order valence-electron chi connectivity index (χ0n) is 53.4. The summed E-state index contributed by atoms with van der Waals surface area (Å²) in [6, 6.07) is 0. The number of rotatable bonds is 59. The average molecular weight is 1140 g/mol. The van der Waals surface area contributed by atoms with Gasteiger partial charge in [0.2, 0.25) is 0 Å². The van der Waals surface area contributed by atoms with Gasteiger partial charge in [0.25, 0.3) is 0 Å². The van der Waals surface area contributed by atoms with Gasteiger partial charge in [0, 0.05) is 19.3 Å². The van der Waals surface area contributed by atoms with Gasteiger partial charge >= 0.3 is 17.9 Å². The Morgan fingerprint density at radius 2 is 0.494 bits per heavy atom. The molecular formula is C77H122O6. The van der Waals surface area contributed by atoms with Crippen molar-refractivity contribution in [2.24, 2.45) is 0 Å². The second-order valence-corrected chi connectivity index (χ2v) is 21.6. The fourth-order valence-corrected chi connectivity index (χ4v) is 8.74. The lowest BCUT2D eigenvalue weighted by Crippen LogP contribution is -2.30. The van der Waals surface area contributed by atoms with E-state index in [0.29, 0.717) is 19.3 Å². The predicted octanol–water partition coefficient (Wildman–Crippen LogP) is 23.4. The molecule has 0 aliphatic heterocycles. The highest BCUT2D eigenvalue weighted by Crippen LogP contribution is 2.15. The van der Waals surface area contributed by atoms with Crippen LogP contribution >= 0.6 is 0 Å². The van der Waals surface area contributed by atoms with Crippen LogP contribution in [0.2, 0.25) is 0 Å². The Kier molecular flexibility index (Phi) is 64.9. The van der Waals surface area contributed by atoms with Crippen molar-refractivity contribution in [3.63, 3.8) is 0 Å². The van der Waals surface area contributed by atoms with Crippen molar-refractivity contribution in [1.82, 2.24) is 0 Å². The van der Waals surface area contributed by atoms with Gasteiger partial charge in [0.1, 0.15) is 13.2 Å². The predicted molar refractivity (Wildman–Crippen MR) is 361 cm³/mol. The maximum Gasteiger partial charge on any atom is 0.306 e. The number of unbranched alkanes of at least 4 members (excludes halogenated alkanes) is 20. The van der Waals surface area contributed by atoms with Crippen LogP contribution in [-0.4, -0.2) is 37.2 Å². The molecule has 0 aromatic carbocycles. The molecule has 83 heavy (non-hydrogen) atoms. The van der Waals surface area contributed by atoms with E-state index in [-0.39, 0.29) is 44.0 Å². The quantitative estimate of drug-likeness (QED) is 0.0261. The summed E-state index contributed by atoms with van der Waals surface area (Å²) < 4.78 is 16.8. The van der Waals surface area contributed by atoms with Crippen molar-refractivity contribution in [2.75, 3.05) is 13.2 Å². The molecule has 0 fully saturated rings. The van der Waals surface area contributed by atoms with Crippen LogP contribution in [0.25, 0.3) is 0 Å². The minimum Gasteiger partial charge on any atom is -0.462 e. The lowest BCUT2D eigenvalue weighted by atomic mass is 10.0. The van der Waals surface area contributed by atoms with Crippen LogP contribution in [0.4, 0.5) is 0 Å². The third kappa shape index (κ3) is 67.4. The number of allylic oxidation sites excluding steroid dienone is 28. The van der Waals surface area contributed by atoms with Crippen LogP contribution in [0.3, 0.4) is 0 Å². The van der Waals surface area contributed by atoms with Crippen molar-refractivity contribution in [3.8, 4) is 0 Å². The summed E-state index contributed by atoms with van der Waals surface area (Å²) in [4.78, 5) is 38.3.